The Hall–Kier alpha value is -2.62. The van der Waals surface area contributed by atoms with Crippen molar-refractivity contribution in [3.8, 4) is 5.75 Å². The molecule has 0 saturated carbocycles. The quantitative estimate of drug-likeness (QED) is 0.549. The van der Waals surface area contributed by atoms with Gasteiger partial charge in [-0.15, -0.1) is 0 Å². The number of hydrogen-bond donors (Lipinski definition) is 0. The van der Waals surface area contributed by atoms with Gasteiger partial charge in [0.05, 0.1) is 35.6 Å². The molecule has 2 aromatic carbocycles. The number of carbonyl (C=O) groups excluding carboxylic acids is 1. The molecule has 0 bridgehead atoms. The third kappa shape index (κ3) is 5.00. The van der Waals surface area contributed by atoms with Crippen molar-refractivity contribution in [2.24, 2.45) is 0 Å². The van der Waals surface area contributed by atoms with E-state index < -0.39 is 17.5 Å². The van der Waals surface area contributed by atoms with E-state index in [2.05, 4.69) is 9.88 Å². The molecule has 164 valence electrons. The van der Waals surface area contributed by atoms with Gasteiger partial charge in [-0.25, -0.2) is 13.8 Å². The first-order valence-electron chi connectivity index (χ1n) is 10.2. The van der Waals surface area contributed by atoms with Crippen LogP contribution in [-0.2, 0) is 4.74 Å². The van der Waals surface area contributed by atoms with Crippen molar-refractivity contribution in [1.29, 1.82) is 0 Å². The maximum atomic E-state index is 14.4. The van der Waals surface area contributed by atoms with Crippen LogP contribution in [0.4, 0.5) is 13.9 Å². The number of fused-ring (bicyclic) bond motifs is 1. The highest BCUT2D eigenvalue weighted by molar-refractivity contribution is 7.22. The van der Waals surface area contributed by atoms with Crippen molar-refractivity contribution in [2.75, 3.05) is 50.9 Å². The van der Waals surface area contributed by atoms with E-state index in [1.54, 1.807) is 0 Å². The summed E-state index contributed by atoms with van der Waals surface area (Å²) in [6.07, 6.45) is 0. The van der Waals surface area contributed by atoms with Gasteiger partial charge in [0, 0.05) is 32.2 Å². The number of thiazole rings is 1. The minimum absolute atomic E-state index is 0.183. The molecule has 4 rings (SSSR count). The fraction of sp³-hybridized carbons (Fsp3) is 0.364. The third-order valence-corrected chi connectivity index (χ3v) is 6.08. The van der Waals surface area contributed by atoms with Crippen LogP contribution < -0.4 is 9.64 Å². The van der Waals surface area contributed by atoms with Crippen LogP contribution in [0.2, 0.25) is 0 Å². The van der Waals surface area contributed by atoms with Crippen molar-refractivity contribution in [1.82, 2.24) is 9.88 Å². The molecule has 1 amide bonds. The molecule has 1 aliphatic rings. The first-order valence-corrected chi connectivity index (χ1v) is 11.0. The van der Waals surface area contributed by atoms with Crippen LogP contribution in [0.15, 0.2) is 36.4 Å². The molecule has 31 heavy (non-hydrogen) atoms. The molecule has 3 aromatic rings. The van der Waals surface area contributed by atoms with Gasteiger partial charge in [0.15, 0.2) is 5.13 Å². The molecule has 1 fully saturated rings. The molecule has 1 aromatic heterocycles. The van der Waals surface area contributed by atoms with E-state index in [0.717, 1.165) is 41.2 Å². The minimum atomic E-state index is -0.888. The molecular formula is C22H23F2N3O3S. The van der Waals surface area contributed by atoms with E-state index >= 15 is 0 Å². The van der Waals surface area contributed by atoms with Crippen LogP contribution >= 0.6 is 11.3 Å². The van der Waals surface area contributed by atoms with Gasteiger partial charge in [0.1, 0.15) is 17.4 Å². The van der Waals surface area contributed by atoms with Crippen molar-refractivity contribution < 1.29 is 23.0 Å². The fourth-order valence-corrected chi connectivity index (χ4v) is 4.44. The average molecular weight is 448 g/mol. The molecule has 1 aliphatic heterocycles. The molecule has 0 spiro atoms. The molecule has 1 saturated heterocycles. The van der Waals surface area contributed by atoms with Gasteiger partial charge < -0.3 is 9.47 Å². The Morgan fingerprint density at radius 3 is 2.77 bits per heavy atom. The van der Waals surface area contributed by atoms with E-state index in [-0.39, 0.29) is 5.56 Å². The van der Waals surface area contributed by atoms with E-state index in [1.165, 1.54) is 22.3 Å². The Balaban J connectivity index is 1.65. The zero-order valence-corrected chi connectivity index (χ0v) is 18.0. The lowest BCUT2D eigenvalue weighted by Crippen LogP contribution is -2.43. The first kappa shape index (κ1) is 21.6. The highest BCUT2D eigenvalue weighted by Crippen LogP contribution is 2.32. The third-order valence-electron chi connectivity index (χ3n) is 5.04. The number of hydrogen-bond acceptors (Lipinski definition) is 6. The molecule has 9 heteroatoms. The largest absolute Gasteiger partial charge is 0.494 e. The zero-order chi connectivity index (χ0) is 21.8. The average Bonchev–Trinajstić information content (AvgIpc) is 3.18. The summed E-state index contributed by atoms with van der Waals surface area (Å²) < 4.78 is 39.5. The van der Waals surface area contributed by atoms with Gasteiger partial charge in [-0.05, 0) is 37.3 Å². The number of benzene rings is 2. The highest BCUT2D eigenvalue weighted by atomic mass is 32.1. The summed E-state index contributed by atoms with van der Waals surface area (Å²) in [6.45, 7) is 6.20. The van der Waals surface area contributed by atoms with Crippen LogP contribution in [-0.4, -0.2) is 61.8 Å². The highest BCUT2D eigenvalue weighted by Gasteiger charge is 2.25. The smallest absolute Gasteiger partial charge is 0.263 e. The molecule has 0 N–H and O–H groups in total. The first-order chi connectivity index (χ1) is 15.0. The number of ether oxygens (including phenoxy) is 2. The summed E-state index contributed by atoms with van der Waals surface area (Å²) in [4.78, 5) is 21.5. The number of anilines is 1. The second-order valence-electron chi connectivity index (χ2n) is 7.09. The predicted octanol–water partition coefficient (Wildman–Crippen LogP) is 3.95. The maximum Gasteiger partial charge on any atom is 0.263 e. The number of aromatic nitrogens is 1. The number of halogens is 2. The summed E-state index contributed by atoms with van der Waals surface area (Å²) in [7, 11) is 0. The maximum absolute atomic E-state index is 14.4. The lowest BCUT2D eigenvalue weighted by molar-refractivity contribution is 0.0391. The van der Waals surface area contributed by atoms with Gasteiger partial charge in [-0.2, -0.15) is 0 Å². The number of amides is 1. The molecule has 6 nitrogen and oxygen atoms in total. The summed E-state index contributed by atoms with van der Waals surface area (Å²) in [5, 5.41) is 0.464. The number of carbonyl (C=O) groups is 1. The van der Waals surface area contributed by atoms with Gasteiger partial charge >= 0.3 is 0 Å². The van der Waals surface area contributed by atoms with Crippen LogP contribution in [0.3, 0.4) is 0 Å². The Morgan fingerprint density at radius 2 is 2.03 bits per heavy atom. The molecule has 2 heterocycles. The lowest BCUT2D eigenvalue weighted by atomic mass is 10.2. The second kappa shape index (κ2) is 9.67. The monoisotopic (exact) mass is 447 g/mol. The normalized spacial score (nSPS) is 14.7. The summed E-state index contributed by atoms with van der Waals surface area (Å²) in [5.41, 5.74) is 0.546. The van der Waals surface area contributed by atoms with E-state index in [1.807, 2.05) is 25.1 Å². The van der Waals surface area contributed by atoms with E-state index in [0.29, 0.717) is 38.0 Å². The van der Waals surface area contributed by atoms with Crippen molar-refractivity contribution >= 4 is 32.6 Å². The molecular weight excluding hydrogens is 424 g/mol. The number of morpholine rings is 1. The summed E-state index contributed by atoms with van der Waals surface area (Å²) in [6, 6.07) is 8.53. The SMILES string of the molecule is CCOc1ccc2nc(N(CCN3CCOCC3)C(=O)c3ccc(F)cc3F)sc2c1. The molecule has 0 unspecified atom stereocenters. The van der Waals surface area contributed by atoms with E-state index in [9.17, 15) is 13.6 Å². The van der Waals surface area contributed by atoms with Gasteiger partial charge in [0.2, 0.25) is 0 Å². The summed E-state index contributed by atoms with van der Waals surface area (Å²) >= 11 is 1.34. The predicted molar refractivity (Wildman–Crippen MR) is 116 cm³/mol. The van der Waals surface area contributed by atoms with Crippen LogP contribution in [0.1, 0.15) is 17.3 Å². The summed E-state index contributed by atoms with van der Waals surface area (Å²) in [5.74, 6) is -1.44. The lowest BCUT2D eigenvalue weighted by Gasteiger charge is -2.29. The number of rotatable bonds is 7. The molecule has 0 aliphatic carbocycles. The van der Waals surface area contributed by atoms with Crippen LogP contribution in [0.5, 0.6) is 5.75 Å². The molecule has 0 radical (unpaired) electrons. The Kier molecular flexibility index (Phi) is 6.74. The second-order valence-corrected chi connectivity index (χ2v) is 8.10. The van der Waals surface area contributed by atoms with Gasteiger partial charge in [-0.3, -0.25) is 14.6 Å². The van der Waals surface area contributed by atoms with Crippen molar-refractivity contribution in [3.05, 3.63) is 53.6 Å². The van der Waals surface area contributed by atoms with Crippen molar-refractivity contribution in [2.45, 2.75) is 6.92 Å². The van der Waals surface area contributed by atoms with Gasteiger partial charge in [-0.1, -0.05) is 11.3 Å². The Labute approximate surface area is 183 Å². The Morgan fingerprint density at radius 1 is 1.23 bits per heavy atom. The van der Waals surface area contributed by atoms with Crippen molar-refractivity contribution in [3.63, 3.8) is 0 Å². The van der Waals surface area contributed by atoms with Gasteiger partial charge in [0.25, 0.3) is 5.91 Å². The standard InChI is InChI=1S/C22H23F2N3O3S/c1-2-30-16-4-6-19-20(14-16)31-22(25-19)27(8-7-26-9-11-29-12-10-26)21(28)17-5-3-15(23)13-18(17)24/h3-6,13-14H,2,7-12H2,1H3. The van der Waals surface area contributed by atoms with Crippen LogP contribution in [0, 0.1) is 11.6 Å². The molecule has 0 atom stereocenters. The zero-order valence-electron chi connectivity index (χ0n) is 17.1. The van der Waals surface area contributed by atoms with Crippen LogP contribution in [0.25, 0.3) is 10.2 Å². The number of nitrogens with zero attached hydrogens (tertiary/aromatic N) is 3. The fourth-order valence-electron chi connectivity index (χ4n) is 3.42. The van der Waals surface area contributed by atoms with E-state index in [4.69, 9.17) is 9.47 Å². The minimum Gasteiger partial charge on any atom is -0.494 e. The topological polar surface area (TPSA) is 54.9 Å². The Bertz CT molecular complexity index is 1070.